The zero-order valence-corrected chi connectivity index (χ0v) is 13.0. The van der Waals surface area contributed by atoms with Gasteiger partial charge in [-0.2, -0.15) is 5.10 Å². The molecule has 0 radical (unpaired) electrons. The number of nitrogens with zero attached hydrogens (tertiary/aromatic N) is 2. The number of carbonyl (C=O) groups is 1. The maximum atomic E-state index is 12.5. The summed E-state index contributed by atoms with van der Waals surface area (Å²) in [7, 11) is 0. The van der Waals surface area contributed by atoms with Gasteiger partial charge in [-0.25, -0.2) is 4.68 Å². The van der Waals surface area contributed by atoms with Crippen LogP contribution in [0.25, 0.3) is 5.69 Å². The smallest absolute Gasteiger partial charge is 0.273 e. The van der Waals surface area contributed by atoms with E-state index in [0.29, 0.717) is 5.69 Å². The molecule has 5 nitrogen and oxygen atoms in total. The first kappa shape index (κ1) is 15.3. The summed E-state index contributed by atoms with van der Waals surface area (Å²) in [4.78, 5) is 12.5. The third kappa shape index (κ3) is 2.73. The summed E-state index contributed by atoms with van der Waals surface area (Å²) in [5, 5.41) is 16.3. The fourth-order valence-electron chi connectivity index (χ4n) is 2.99. The summed E-state index contributed by atoms with van der Waals surface area (Å²) in [6.45, 7) is 1.74. The van der Waals surface area contributed by atoms with Crippen LogP contribution in [0.3, 0.4) is 0 Å². The maximum Gasteiger partial charge on any atom is 0.273 e. The van der Waals surface area contributed by atoms with Crippen molar-refractivity contribution in [3.05, 3.63) is 46.8 Å². The van der Waals surface area contributed by atoms with Crippen molar-refractivity contribution >= 4 is 5.91 Å². The predicted octanol–water partition coefficient (Wildman–Crippen LogP) is 1.39. The number of carbonyl (C=O) groups excluding carboxylic acids is 1. The van der Waals surface area contributed by atoms with E-state index in [9.17, 15) is 4.79 Å². The van der Waals surface area contributed by atoms with E-state index >= 15 is 0 Å². The highest BCUT2D eigenvalue weighted by Gasteiger charge is 2.27. The molecule has 1 aromatic heterocycles. The fourth-order valence-corrected chi connectivity index (χ4v) is 2.99. The van der Waals surface area contributed by atoms with Gasteiger partial charge in [0.1, 0.15) is 6.04 Å². The van der Waals surface area contributed by atoms with E-state index in [1.807, 2.05) is 35.9 Å². The molecule has 2 aromatic rings. The number of aliphatic hydroxyl groups excluding tert-OH is 1. The van der Waals surface area contributed by atoms with Gasteiger partial charge >= 0.3 is 0 Å². The van der Waals surface area contributed by atoms with E-state index in [0.717, 1.165) is 41.8 Å². The molecule has 0 spiro atoms. The van der Waals surface area contributed by atoms with Crippen LogP contribution >= 0.6 is 0 Å². The van der Waals surface area contributed by atoms with Gasteiger partial charge in [0.2, 0.25) is 0 Å². The first-order valence-corrected chi connectivity index (χ1v) is 7.70. The molecule has 2 N–H and O–H groups in total. The molecule has 0 fully saturated rings. The van der Waals surface area contributed by atoms with Gasteiger partial charge in [-0.1, -0.05) is 24.1 Å². The van der Waals surface area contributed by atoms with E-state index in [1.54, 1.807) is 0 Å². The van der Waals surface area contributed by atoms with Crippen LogP contribution in [0.5, 0.6) is 0 Å². The average Bonchev–Trinajstić information content (AvgIpc) is 3.15. The summed E-state index contributed by atoms with van der Waals surface area (Å²) in [6, 6.07) is 7.28. The number of terminal acetylenes is 1. The lowest BCUT2D eigenvalue weighted by atomic mass is 10.1. The van der Waals surface area contributed by atoms with Gasteiger partial charge in [-0.3, -0.25) is 4.79 Å². The van der Waals surface area contributed by atoms with E-state index < -0.39 is 6.04 Å². The summed E-state index contributed by atoms with van der Waals surface area (Å²) in [5.41, 5.74) is 4.58. The molecule has 118 valence electrons. The van der Waals surface area contributed by atoms with Crippen molar-refractivity contribution in [2.45, 2.75) is 32.2 Å². The molecule has 0 saturated carbocycles. The predicted molar refractivity (Wildman–Crippen MR) is 87.5 cm³/mol. The number of amides is 1. The minimum Gasteiger partial charge on any atom is -0.393 e. The quantitative estimate of drug-likeness (QED) is 0.839. The highest BCUT2D eigenvalue weighted by molar-refractivity contribution is 5.94. The Bertz CT molecular complexity index is 786. The zero-order valence-electron chi connectivity index (χ0n) is 13.0. The highest BCUT2D eigenvalue weighted by Crippen LogP contribution is 2.28. The number of aryl methyl sites for hydroxylation is 1. The summed E-state index contributed by atoms with van der Waals surface area (Å²) < 4.78 is 1.87. The van der Waals surface area contributed by atoms with Gasteiger partial charge < -0.3 is 10.4 Å². The normalized spacial score (nSPS) is 14.1. The van der Waals surface area contributed by atoms with E-state index in [4.69, 9.17) is 11.5 Å². The van der Waals surface area contributed by atoms with Gasteiger partial charge in [-0.15, -0.1) is 6.42 Å². The van der Waals surface area contributed by atoms with Gasteiger partial charge in [0, 0.05) is 11.3 Å². The highest BCUT2D eigenvalue weighted by atomic mass is 16.3. The Balaban J connectivity index is 2.01. The molecule has 0 saturated heterocycles. The lowest BCUT2D eigenvalue weighted by Gasteiger charge is -2.09. The number of rotatable bonds is 4. The Morgan fingerprint density at radius 3 is 2.96 bits per heavy atom. The molecule has 3 rings (SSSR count). The number of aromatic nitrogens is 2. The van der Waals surface area contributed by atoms with Crippen LogP contribution in [-0.4, -0.2) is 33.4 Å². The molecule has 0 unspecified atom stereocenters. The van der Waals surface area contributed by atoms with E-state index in [1.165, 1.54) is 0 Å². The fraction of sp³-hybridized carbons (Fsp3) is 0.333. The second kappa shape index (κ2) is 6.27. The minimum absolute atomic E-state index is 0.289. The molecule has 23 heavy (non-hydrogen) atoms. The second-order valence-corrected chi connectivity index (χ2v) is 5.70. The molecular formula is C18H19N3O2. The summed E-state index contributed by atoms with van der Waals surface area (Å²) in [5.74, 6) is 2.02. The average molecular weight is 309 g/mol. The van der Waals surface area contributed by atoms with Gasteiger partial charge in [-0.05, 0) is 37.8 Å². The number of fused-ring (bicyclic) bond motifs is 1. The maximum absolute atomic E-state index is 12.5. The van der Waals surface area contributed by atoms with Crippen molar-refractivity contribution < 1.29 is 9.90 Å². The third-order valence-corrected chi connectivity index (χ3v) is 4.18. The molecule has 1 amide bonds. The summed E-state index contributed by atoms with van der Waals surface area (Å²) >= 11 is 0. The van der Waals surface area contributed by atoms with Crippen LogP contribution in [0.4, 0.5) is 0 Å². The number of benzene rings is 1. The van der Waals surface area contributed by atoms with Crippen molar-refractivity contribution in [1.29, 1.82) is 0 Å². The van der Waals surface area contributed by atoms with Crippen molar-refractivity contribution in [1.82, 2.24) is 15.1 Å². The van der Waals surface area contributed by atoms with E-state index in [-0.39, 0.29) is 12.5 Å². The molecule has 0 aliphatic heterocycles. The minimum atomic E-state index is -0.692. The molecule has 5 heteroatoms. The third-order valence-electron chi connectivity index (χ3n) is 4.18. The number of nitrogens with one attached hydrogen (secondary N) is 1. The molecule has 0 bridgehead atoms. The number of aliphatic hydroxyl groups is 1. The van der Waals surface area contributed by atoms with Crippen molar-refractivity contribution in [2.75, 3.05) is 6.61 Å². The molecule has 1 aromatic carbocycles. The molecule has 1 aliphatic rings. The first-order valence-electron chi connectivity index (χ1n) is 7.70. The van der Waals surface area contributed by atoms with Crippen LogP contribution in [0.1, 0.15) is 33.7 Å². The van der Waals surface area contributed by atoms with Crippen molar-refractivity contribution in [2.24, 2.45) is 0 Å². The Morgan fingerprint density at radius 1 is 1.48 bits per heavy atom. The molecule has 1 aliphatic carbocycles. The van der Waals surface area contributed by atoms with Crippen molar-refractivity contribution in [3.8, 4) is 18.0 Å². The molecular weight excluding hydrogens is 290 g/mol. The van der Waals surface area contributed by atoms with E-state index in [2.05, 4.69) is 16.3 Å². The monoisotopic (exact) mass is 309 g/mol. The van der Waals surface area contributed by atoms with Gasteiger partial charge in [0.05, 0.1) is 12.3 Å². The topological polar surface area (TPSA) is 67.2 Å². The van der Waals surface area contributed by atoms with Crippen LogP contribution in [0.2, 0.25) is 0 Å². The lowest BCUT2D eigenvalue weighted by molar-refractivity contribution is 0.0925. The second-order valence-electron chi connectivity index (χ2n) is 5.70. The Labute approximate surface area is 135 Å². The Morgan fingerprint density at radius 2 is 2.26 bits per heavy atom. The van der Waals surface area contributed by atoms with Crippen LogP contribution in [0.15, 0.2) is 24.3 Å². The van der Waals surface area contributed by atoms with Crippen LogP contribution in [0, 0.1) is 19.3 Å². The SMILES string of the molecule is C#C[C@H](CO)NC(=O)c1nn(-c2ccccc2C)c2c1CCC2. The van der Waals surface area contributed by atoms with Gasteiger partial charge in [0.25, 0.3) is 5.91 Å². The molecule has 1 heterocycles. The van der Waals surface area contributed by atoms with Gasteiger partial charge in [0.15, 0.2) is 5.69 Å². The number of para-hydroxylation sites is 1. The number of hydrogen-bond acceptors (Lipinski definition) is 3. The number of hydrogen-bond donors (Lipinski definition) is 2. The van der Waals surface area contributed by atoms with Crippen LogP contribution < -0.4 is 5.32 Å². The Hall–Kier alpha value is -2.58. The standard InChI is InChI=1S/C18H19N3O2/c1-3-13(11-22)19-18(23)17-14-8-6-10-16(14)21(20-17)15-9-5-4-7-12(15)2/h1,4-5,7,9,13,22H,6,8,10-11H2,2H3,(H,19,23)/t13-/m1/s1. The van der Waals surface area contributed by atoms with Crippen LogP contribution in [-0.2, 0) is 12.8 Å². The summed E-state index contributed by atoms with van der Waals surface area (Å²) in [6.07, 6.45) is 8.04. The van der Waals surface area contributed by atoms with Crippen molar-refractivity contribution in [3.63, 3.8) is 0 Å². The lowest BCUT2D eigenvalue weighted by Crippen LogP contribution is -2.37. The first-order chi connectivity index (χ1) is 11.2. The zero-order chi connectivity index (χ0) is 16.4. The molecule has 1 atom stereocenters. The largest absolute Gasteiger partial charge is 0.393 e. The Kier molecular flexibility index (Phi) is 4.18.